The van der Waals surface area contributed by atoms with Crippen molar-refractivity contribution in [3.05, 3.63) is 90.8 Å². The first-order valence-electron chi connectivity index (χ1n) is 9.58. The molecule has 3 heterocycles. The number of hydrazone groups is 1. The Morgan fingerprint density at radius 3 is 2.66 bits per heavy atom. The summed E-state index contributed by atoms with van der Waals surface area (Å²) in [7, 11) is 0. The van der Waals surface area contributed by atoms with Crippen LogP contribution in [0.3, 0.4) is 0 Å². The van der Waals surface area contributed by atoms with Gasteiger partial charge in [-0.05, 0) is 35.0 Å². The van der Waals surface area contributed by atoms with Crippen molar-refractivity contribution in [2.45, 2.75) is 12.5 Å². The van der Waals surface area contributed by atoms with Crippen molar-refractivity contribution < 1.29 is 19.2 Å². The predicted octanol–water partition coefficient (Wildman–Crippen LogP) is 4.65. The molecule has 0 N–H and O–H groups in total. The maximum Gasteiger partial charge on any atom is 0.331 e. The topological polar surface area (TPSA) is 102 Å². The summed E-state index contributed by atoms with van der Waals surface area (Å²) >= 11 is 3.09. The summed E-state index contributed by atoms with van der Waals surface area (Å²) in [6.07, 6.45) is 2.94. The Morgan fingerprint density at radius 1 is 1.16 bits per heavy atom. The van der Waals surface area contributed by atoms with Crippen molar-refractivity contribution in [3.8, 4) is 0 Å². The molecular weight excluding hydrogens is 450 g/mol. The molecule has 1 atom stereocenters. The number of nitrogens with zero attached hydrogens (tertiary/aromatic N) is 3. The van der Waals surface area contributed by atoms with Crippen molar-refractivity contribution in [2.24, 2.45) is 5.10 Å². The highest BCUT2D eigenvalue weighted by Crippen LogP contribution is 2.35. The average Bonchev–Trinajstić information content (AvgIpc) is 3.56. The van der Waals surface area contributed by atoms with Gasteiger partial charge in [0.1, 0.15) is 0 Å². The molecule has 1 aliphatic rings. The molecule has 2 aromatic heterocycles. The Kier molecular flexibility index (Phi) is 6.52. The molecule has 0 saturated carbocycles. The van der Waals surface area contributed by atoms with Gasteiger partial charge in [-0.3, -0.25) is 14.9 Å². The normalized spacial score (nSPS) is 15.7. The van der Waals surface area contributed by atoms with Crippen LogP contribution in [0.25, 0.3) is 6.08 Å². The van der Waals surface area contributed by atoms with E-state index in [4.69, 9.17) is 4.74 Å². The van der Waals surface area contributed by atoms with Crippen LogP contribution in [-0.4, -0.2) is 34.1 Å². The molecule has 10 heteroatoms. The molecule has 0 saturated heterocycles. The van der Waals surface area contributed by atoms with Gasteiger partial charge in [0.25, 0.3) is 11.6 Å². The van der Waals surface area contributed by atoms with Gasteiger partial charge in [-0.1, -0.05) is 24.3 Å². The molecule has 1 aliphatic heterocycles. The second kappa shape index (κ2) is 9.67. The minimum atomic E-state index is -0.772. The van der Waals surface area contributed by atoms with Gasteiger partial charge in [-0.2, -0.15) is 5.10 Å². The van der Waals surface area contributed by atoms with Crippen LogP contribution in [0.2, 0.25) is 0 Å². The Balaban J connectivity index is 1.43. The fraction of sp³-hybridized carbons (Fsp3) is 0.136. The lowest BCUT2D eigenvalue weighted by Crippen LogP contribution is -2.30. The molecule has 0 fully saturated rings. The average molecular weight is 468 g/mol. The molecule has 1 amide bonds. The van der Waals surface area contributed by atoms with E-state index in [0.29, 0.717) is 6.42 Å². The largest absolute Gasteiger partial charge is 0.452 e. The first-order valence-corrected chi connectivity index (χ1v) is 11.3. The Bertz CT molecular complexity index is 1190. The minimum Gasteiger partial charge on any atom is -0.452 e. The third-order valence-corrected chi connectivity index (χ3v) is 6.61. The second-order valence-electron chi connectivity index (χ2n) is 6.75. The summed E-state index contributed by atoms with van der Waals surface area (Å²) in [6, 6.07) is 13.5. The summed E-state index contributed by atoms with van der Waals surface area (Å²) in [5.41, 5.74) is 0.955. The smallest absolute Gasteiger partial charge is 0.331 e. The zero-order valence-corrected chi connectivity index (χ0v) is 18.3. The first-order chi connectivity index (χ1) is 15.5. The number of ether oxygens (including phenoxy) is 1. The zero-order valence-electron chi connectivity index (χ0n) is 16.6. The van der Waals surface area contributed by atoms with Gasteiger partial charge in [0.05, 0.1) is 27.1 Å². The highest BCUT2D eigenvalue weighted by atomic mass is 32.1. The Morgan fingerprint density at radius 2 is 1.94 bits per heavy atom. The molecule has 3 aromatic rings. The molecule has 8 nitrogen and oxygen atoms in total. The van der Waals surface area contributed by atoms with E-state index in [1.54, 1.807) is 17.4 Å². The van der Waals surface area contributed by atoms with Crippen LogP contribution in [-0.2, 0) is 14.3 Å². The molecule has 1 aromatic carbocycles. The fourth-order valence-corrected chi connectivity index (χ4v) is 4.77. The van der Waals surface area contributed by atoms with Crippen LogP contribution in [0.5, 0.6) is 0 Å². The summed E-state index contributed by atoms with van der Waals surface area (Å²) in [6.45, 7) is -0.483. The number of rotatable bonds is 7. The molecule has 1 unspecified atom stereocenters. The van der Waals surface area contributed by atoms with Crippen molar-refractivity contribution in [1.82, 2.24) is 5.01 Å². The second-order valence-corrected chi connectivity index (χ2v) is 8.68. The number of carbonyl (C=O) groups is 2. The van der Waals surface area contributed by atoms with E-state index in [1.807, 2.05) is 35.0 Å². The molecule has 32 heavy (non-hydrogen) atoms. The van der Waals surface area contributed by atoms with Gasteiger partial charge < -0.3 is 4.74 Å². The first kappa shape index (κ1) is 21.6. The van der Waals surface area contributed by atoms with E-state index in [1.165, 1.54) is 40.6 Å². The fourth-order valence-electron chi connectivity index (χ4n) is 3.23. The summed E-state index contributed by atoms with van der Waals surface area (Å²) in [5.74, 6) is -1.21. The van der Waals surface area contributed by atoms with E-state index in [9.17, 15) is 19.7 Å². The third-order valence-electron chi connectivity index (χ3n) is 4.71. The SMILES string of the molecule is O=C(/C=C/c1ccccc1[N+](=O)[O-])OCC(=O)N1N=C(c2cccs2)CC1c1cccs1. The van der Waals surface area contributed by atoms with E-state index in [0.717, 1.165) is 21.5 Å². The highest BCUT2D eigenvalue weighted by molar-refractivity contribution is 7.12. The zero-order chi connectivity index (χ0) is 22.5. The van der Waals surface area contributed by atoms with Crippen LogP contribution in [0.4, 0.5) is 5.69 Å². The summed E-state index contributed by atoms with van der Waals surface area (Å²) < 4.78 is 5.08. The Labute approximate surface area is 191 Å². The number of para-hydroxylation sites is 1. The lowest BCUT2D eigenvalue weighted by Gasteiger charge is -2.20. The van der Waals surface area contributed by atoms with Crippen molar-refractivity contribution >= 4 is 52.0 Å². The monoisotopic (exact) mass is 467 g/mol. The molecule has 0 bridgehead atoms. The van der Waals surface area contributed by atoms with Crippen LogP contribution in [0.1, 0.15) is 27.8 Å². The van der Waals surface area contributed by atoms with Gasteiger partial charge in [0, 0.05) is 23.4 Å². The van der Waals surface area contributed by atoms with Gasteiger partial charge in [-0.15, -0.1) is 22.7 Å². The van der Waals surface area contributed by atoms with E-state index in [-0.39, 0.29) is 17.3 Å². The Hall–Kier alpha value is -3.63. The number of nitro groups is 1. The predicted molar refractivity (Wildman–Crippen MR) is 122 cm³/mol. The van der Waals surface area contributed by atoms with E-state index in [2.05, 4.69) is 5.10 Å². The number of benzene rings is 1. The van der Waals surface area contributed by atoms with Crippen LogP contribution in [0, 0.1) is 10.1 Å². The third kappa shape index (κ3) is 4.82. The maximum atomic E-state index is 12.8. The molecule has 0 aliphatic carbocycles. The lowest BCUT2D eigenvalue weighted by molar-refractivity contribution is -0.385. The van der Waals surface area contributed by atoms with Gasteiger partial charge in [0.15, 0.2) is 6.61 Å². The van der Waals surface area contributed by atoms with Gasteiger partial charge in [0.2, 0.25) is 0 Å². The summed E-state index contributed by atoms with van der Waals surface area (Å²) in [4.78, 5) is 37.4. The number of hydrogen-bond acceptors (Lipinski definition) is 8. The molecular formula is C22H17N3O5S2. The summed E-state index contributed by atoms with van der Waals surface area (Å²) in [5, 5.41) is 20.8. The maximum absolute atomic E-state index is 12.8. The van der Waals surface area contributed by atoms with Crippen LogP contribution >= 0.6 is 22.7 Å². The number of thiophene rings is 2. The number of hydrogen-bond donors (Lipinski definition) is 0. The number of carbonyl (C=O) groups excluding carboxylic acids is 2. The van der Waals surface area contributed by atoms with E-state index >= 15 is 0 Å². The number of nitro benzene ring substituents is 1. The van der Waals surface area contributed by atoms with Crippen LogP contribution in [0.15, 0.2) is 70.5 Å². The number of esters is 1. The minimum absolute atomic E-state index is 0.126. The molecule has 4 rings (SSSR count). The van der Waals surface area contributed by atoms with Crippen molar-refractivity contribution in [1.29, 1.82) is 0 Å². The van der Waals surface area contributed by atoms with Gasteiger partial charge in [-0.25, -0.2) is 9.80 Å². The molecule has 0 radical (unpaired) electrons. The van der Waals surface area contributed by atoms with Crippen molar-refractivity contribution in [3.63, 3.8) is 0 Å². The molecule has 162 valence electrons. The van der Waals surface area contributed by atoms with E-state index < -0.39 is 23.4 Å². The molecule has 0 spiro atoms. The lowest BCUT2D eigenvalue weighted by atomic mass is 10.1. The highest BCUT2D eigenvalue weighted by Gasteiger charge is 2.34. The quantitative estimate of drug-likeness (QED) is 0.218. The number of amides is 1. The van der Waals surface area contributed by atoms with Crippen molar-refractivity contribution in [2.75, 3.05) is 6.61 Å². The van der Waals surface area contributed by atoms with Gasteiger partial charge >= 0.3 is 5.97 Å². The standard InChI is InChI=1S/C22H17N3O5S2/c26-21(14-30-22(27)10-9-15-5-1-2-6-17(15)25(28)29)24-18(20-8-4-12-32-20)13-16(23-24)19-7-3-11-31-19/h1-12,18H,13-14H2/b10-9+. The van der Waals surface area contributed by atoms with Crippen LogP contribution < -0.4 is 0 Å².